The van der Waals surface area contributed by atoms with Gasteiger partial charge in [0.25, 0.3) is 0 Å². The number of benzene rings is 1. The minimum absolute atomic E-state index is 0. The molecule has 0 saturated carbocycles. The summed E-state index contributed by atoms with van der Waals surface area (Å²) >= 11 is 1.50. The van der Waals surface area contributed by atoms with Crippen molar-refractivity contribution in [3.63, 3.8) is 0 Å². The number of hydrogen-bond acceptors (Lipinski definition) is 6. The highest BCUT2D eigenvalue weighted by molar-refractivity contribution is 14.0. The molecule has 1 unspecified atom stereocenters. The molecular formula is C20H31IN6OS. The van der Waals surface area contributed by atoms with Gasteiger partial charge in [0.05, 0.1) is 6.54 Å². The summed E-state index contributed by atoms with van der Waals surface area (Å²) in [5.74, 6) is 1.88. The molecule has 1 atom stereocenters. The number of nitrogens with zero attached hydrogens (tertiary/aromatic N) is 5. The second-order valence-corrected chi connectivity index (χ2v) is 7.38. The summed E-state index contributed by atoms with van der Waals surface area (Å²) in [6.07, 6.45) is 0.848. The topological polar surface area (TPSA) is 65.9 Å². The van der Waals surface area contributed by atoms with Gasteiger partial charge in [-0.05, 0) is 12.5 Å². The van der Waals surface area contributed by atoms with E-state index in [1.165, 1.54) is 11.5 Å². The first-order valence-corrected chi connectivity index (χ1v) is 10.7. The van der Waals surface area contributed by atoms with E-state index in [9.17, 15) is 0 Å². The molecule has 2 aromatic rings. The Morgan fingerprint density at radius 2 is 1.93 bits per heavy atom. The lowest BCUT2D eigenvalue weighted by Gasteiger charge is -2.36. The minimum Gasteiger partial charge on any atom is -0.375 e. The molecule has 160 valence electrons. The molecule has 1 saturated heterocycles. The van der Waals surface area contributed by atoms with Crippen LogP contribution in [-0.4, -0.2) is 66.6 Å². The molecule has 0 bridgehead atoms. The average Bonchev–Trinajstić information content (AvgIpc) is 3.24. The molecule has 1 fully saturated rings. The van der Waals surface area contributed by atoms with Crippen molar-refractivity contribution in [2.24, 2.45) is 4.99 Å². The van der Waals surface area contributed by atoms with Gasteiger partial charge in [-0.1, -0.05) is 37.3 Å². The predicted octanol–water partition coefficient (Wildman–Crippen LogP) is 3.19. The molecule has 1 aromatic heterocycles. The molecule has 2 heterocycles. The summed E-state index contributed by atoms with van der Waals surface area (Å²) in [5, 5.41) is 4.46. The number of anilines is 1. The van der Waals surface area contributed by atoms with Crippen molar-refractivity contribution < 1.29 is 4.74 Å². The van der Waals surface area contributed by atoms with Crippen LogP contribution in [0.25, 0.3) is 0 Å². The van der Waals surface area contributed by atoms with Crippen LogP contribution in [0.1, 0.15) is 31.3 Å². The van der Waals surface area contributed by atoms with Crippen molar-refractivity contribution in [2.75, 3.05) is 51.3 Å². The van der Waals surface area contributed by atoms with E-state index in [4.69, 9.17) is 9.73 Å². The number of guanidine groups is 1. The molecule has 0 radical (unpaired) electrons. The molecule has 29 heavy (non-hydrogen) atoms. The second kappa shape index (κ2) is 12.3. The third kappa shape index (κ3) is 6.51. The quantitative estimate of drug-likeness (QED) is 0.337. The van der Waals surface area contributed by atoms with Crippen LogP contribution in [0.15, 0.2) is 35.3 Å². The first-order valence-electron chi connectivity index (χ1n) is 9.93. The fourth-order valence-electron chi connectivity index (χ4n) is 3.21. The third-order valence-electron chi connectivity index (χ3n) is 4.82. The third-order valence-corrected chi connectivity index (χ3v) is 5.64. The van der Waals surface area contributed by atoms with E-state index in [1.54, 1.807) is 7.11 Å². The minimum atomic E-state index is -0.0370. The molecule has 1 aromatic carbocycles. The van der Waals surface area contributed by atoms with E-state index in [0.29, 0.717) is 6.54 Å². The van der Waals surface area contributed by atoms with Crippen LogP contribution in [0, 0.1) is 0 Å². The highest BCUT2D eigenvalue weighted by Crippen LogP contribution is 2.20. The molecule has 0 amide bonds. The number of aliphatic imine (C=N–C) groups is 1. The monoisotopic (exact) mass is 530 g/mol. The molecule has 0 aliphatic carbocycles. The van der Waals surface area contributed by atoms with Gasteiger partial charge in [0.2, 0.25) is 5.13 Å². The Hall–Kier alpha value is -1.46. The van der Waals surface area contributed by atoms with Gasteiger partial charge in [-0.2, -0.15) is 4.37 Å². The Labute approximate surface area is 194 Å². The van der Waals surface area contributed by atoms with Crippen molar-refractivity contribution in [2.45, 2.75) is 26.4 Å². The van der Waals surface area contributed by atoms with Gasteiger partial charge in [-0.25, -0.2) is 4.98 Å². The van der Waals surface area contributed by atoms with Crippen LogP contribution < -0.4 is 10.2 Å². The lowest BCUT2D eigenvalue weighted by molar-refractivity contribution is 0.110. The van der Waals surface area contributed by atoms with E-state index in [0.717, 1.165) is 61.6 Å². The first kappa shape index (κ1) is 23.8. The van der Waals surface area contributed by atoms with E-state index >= 15 is 0 Å². The normalized spacial score (nSPS) is 15.8. The number of aryl methyl sites for hydroxylation is 1. The van der Waals surface area contributed by atoms with E-state index in [1.807, 2.05) is 18.2 Å². The summed E-state index contributed by atoms with van der Waals surface area (Å²) in [5.41, 5.74) is 1.15. The van der Waals surface area contributed by atoms with Crippen molar-refractivity contribution in [1.29, 1.82) is 0 Å². The van der Waals surface area contributed by atoms with Crippen LogP contribution in [0.2, 0.25) is 0 Å². The van der Waals surface area contributed by atoms with Crippen molar-refractivity contribution in [1.82, 2.24) is 19.6 Å². The van der Waals surface area contributed by atoms with E-state index < -0.39 is 0 Å². The van der Waals surface area contributed by atoms with Gasteiger partial charge in [-0.3, -0.25) is 4.99 Å². The van der Waals surface area contributed by atoms with Crippen molar-refractivity contribution in [3.05, 3.63) is 41.7 Å². The summed E-state index contributed by atoms with van der Waals surface area (Å²) in [6.45, 7) is 9.31. The molecule has 1 aliphatic heterocycles. The average molecular weight is 530 g/mol. The van der Waals surface area contributed by atoms with Crippen LogP contribution in [-0.2, 0) is 11.2 Å². The largest absolute Gasteiger partial charge is 0.375 e. The fraction of sp³-hybridized carbons (Fsp3) is 0.550. The lowest BCUT2D eigenvalue weighted by atomic mass is 10.1. The molecule has 7 nitrogen and oxygen atoms in total. The highest BCUT2D eigenvalue weighted by atomic mass is 127. The zero-order valence-corrected chi connectivity index (χ0v) is 20.5. The van der Waals surface area contributed by atoms with Gasteiger partial charge in [-0.15, -0.1) is 24.0 Å². The van der Waals surface area contributed by atoms with Crippen LogP contribution >= 0.6 is 35.5 Å². The smallest absolute Gasteiger partial charge is 0.205 e. The van der Waals surface area contributed by atoms with Gasteiger partial charge in [0, 0.05) is 57.8 Å². The van der Waals surface area contributed by atoms with Gasteiger partial charge < -0.3 is 19.9 Å². The SMILES string of the molecule is CCNC(=NCC(OC)c1ccccc1)N1CCN(c2nc(CC)ns2)CC1.I. The van der Waals surface area contributed by atoms with E-state index in [2.05, 4.69) is 50.5 Å². The second-order valence-electron chi connectivity index (χ2n) is 6.65. The highest BCUT2D eigenvalue weighted by Gasteiger charge is 2.22. The number of halogens is 1. The molecule has 9 heteroatoms. The number of rotatable bonds is 7. The number of nitrogens with one attached hydrogen (secondary N) is 1. The van der Waals surface area contributed by atoms with Gasteiger partial charge >= 0.3 is 0 Å². The molecular weight excluding hydrogens is 499 g/mol. The summed E-state index contributed by atoms with van der Waals surface area (Å²) < 4.78 is 10.1. The fourth-order valence-corrected chi connectivity index (χ4v) is 4.01. The number of aromatic nitrogens is 2. The Bertz CT molecular complexity index is 748. The predicted molar refractivity (Wildman–Crippen MR) is 131 cm³/mol. The van der Waals surface area contributed by atoms with Crippen molar-refractivity contribution >= 4 is 46.6 Å². The Morgan fingerprint density at radius 1 is 1.21 bits per heavy atom. The lowest BCUT2D eigenvalue weighted by Crippen LogP contribution is -2.52. The maximum Gasteiger partial charge on any atom is 0.205 e. The van der Waals surface area contributed by atoms with Gasteiger partial charge in [0.15, 0.2) is 5.96 Å². The standard InChI is InChI=1S/C20H30N6OS.HI/c1-4-18-23-20(28-24-18)26-13-11-25(12-14-26)19(21-5-2)22-15-17(27-3)16-9-7-6-8-10-16;/h6-10,17H,4-5,11-15H2,1-3H3,(H,21,22);1H. The molecule has 3 rings (SSSR count). The molecule has 1 N–H and O–H groups in total. The van der Waals surface area contributed by atoms with Gasteiger partial charge in [0.1, 0.15) is 11.9 Å². The van der Waals surface area contributed by atoms with Crippen molar-refractivity contribution in [3.8, 4) is 0 Å². The molecule has 1 aliphatic rings. The number of piperazine rings is 1. The van der Waals surface area contributed by atoms with Crippen LogP contribution in [0.4, 0.5) is 5.13 Å². The Morgan fingerprint density at radius 3 is 2.52 bits per heavy atom. The Balaban J connectivity index is 0.00000300. The van der Waals surface area contributed by atoms with E-state index in [-0.39, 0.29) is 30.1 Å². The zero-order valence-electron chi connectivity index (χ0n) is 17.4. The number of ether oxygens (including phenoxy) is 1. The first-order chi connectivity index (χ1) is 13.7. The maximum atomic E-state index is 5.66. The summed E-state index contributed by atoms with van der Waals surface area (Å²) in [7, 11) is 1.74. The summed E-state index contributed by atoms with van der Waals surface area (Å²) in [4.78, 5) is 14.1. The van der Waals surface area contributed by atoms with Crippen LogP contribution in [0.5, 0.6) is 0 Å². The Kier molecular flexibility index (Phi) is 10.1. The maximum absolute atomic E-state index is 5.66. The molecule has 0 spiro atoms. The number of methoxy groups -OCH3 is 1. The zero-order chi connectivity index (χ0) is 19.8. The number of hydrogen-bond donors (Lipinski definition) is 1. The summed E-state index contributed by atoms with van der Waals surface area (Å²) in [6, 6.07) is 10.3. The van der Waals surface area contributed by atoms with Crippen LogP contribution in [0.3, 0.4) is 0 Å².